The van der Waals surface area contributed by atoms with Crippen molar-refractivity contribution in [2.24, 2.45) is 0 Å². The number of nitrogens with one attached hydrogen (secondary N) is 1. The van der Waals surface area contributed by atoms with Gasteiger partial charge < -0.3 is 15.5 Å². The third kappa shape index (κ3) is 5.00. The molecule has 3 rings (SSSR count). The molecule has 0 saturated carbocycles. The van der Waals surface area contributed by atoms with Crippen LogP contribution in [0.15, 0.2) is 48.7 Å². The number of aromatic hydroxyl groups is 1. The Morgan fingerprint density at radius 1 is 1.07 bits per heavy atom. The lowest BCUT2D eigenvalue weighted by molar-refractivity contribution is 0.0953. The molecule has 0 saturated heterocycles. The summed E-state index contributed by atoms with van der Waals surface area (Å²) in [6.45, 7) is 2.66. The standard InChI is InChI=1S/C22H26N4O3/c1-16-20(22(29)26(25-16)19-8-4-6-13-23-19)17-9-11-18(12-10-17)21(28)24-14-5-2-3-7-15-27/h4,6,8-13,27,29H,2-3,5,7,14-15H2,1H3,(H,24,28). The van der Waals surface area contributed by atoms with Crippen molar-refractivity contribution in [2.75, 3.05) is 13.2 Å². The number of carbonyl (C=O) groups excluding carboxylic acids is 1. The van der Waals surface area contributed by atoms with E-state index in [0.29, 0.717) is 29.2 Å². The minimum absolute atomic E-state index is 0.0151. The summed E-state index contributed by atoms with van der Waals surface area (Å²) in [5.41, 5.74) is 2.64. The van der Waals surface area contributed by atoms with Crippen LogP contribution in [0.1, 0.15) is 41.7 Å². The number of hydrogen-bond donors (Lipinski definition) is 3. The van der Waals surface area contributed by atoms with Crippen LogP contribution >= 0.6 is 0 Å². The fourth-order valence-corrected chi connectivity index (χ4v) is 3.17. The second kappa shape index (κ2) is 9.84. The predicted octanol–water partition coefficient (Wildman–Crippen LogP) is 3.23. The number of aryl methyl sites for hydroxylation is 1. The van der Waals surface area contributed by atoms with Gasteiger partial charge in [0.2, 0.25) is 5.88 Å². The molecule has 0 radical (unpaired) electrons. The zero-order chi connectivity index (χ0) is 20.6. The minimum Gasteiger partial charge on any atom is -0.493 e. The van der Waals surface area contributed by atoms with Crippen molar-refractivity contribution in [3.8, 4) is 22.8 Å². The first-order valence-electron chi connectivity index (χ1n) is 9.81. The van der Waals surface area contributed by atoms with E-state index in [4.69, 9.17) is 5.11 Å². The number of carbonyl (C=O) groups is 1. The third-order valence-corrected chi connectivity index (χ3v) is 4.71. The first-order valence-corrected chi connectivity index (χ1v) is 9.81. The lowest BCUT2D eigenvalue weighted by Gasteiger charge is -2.07. The topological polar surface area (TPSA) is 100 Å². The molecule has 0 bridgehead atoms. The molecule has 0 aliphatic carbocycles. The van der Waals surface area contributed by atoms with Crippen molar-refractivity contribution in [2.45, 2.75) is 32.6 Å². The van der Waals surface area contributed by atoms with Gasteiger partial charge in [-0.25, -0.2) is 4.98 Å². The first-order chi connectivity index (χ1) is 14.1. The monoisotopic (exact) mass is 394 g/mol. The molecule has 3 aromatic rings. The molecule has 2 heterocycles. The van der Waals surface area contributed by atoms with Gasteiger partial charge in [-0.05, 0) is 49.6 Å². The van der Waals surface area contributed by atoms with Gasteiger partial charge in [-0.1, -0.05) is 31.0 Å². The maximum atomic E-state index is 12.3. The Labute approximate surface area is 170 Å². The first kappa shape index (κ1) is 20.5. The zero-order valence-electron chi connectivity index (χ0n) is 16.5. The highest BCUT2D eigenvalue weighted by molar-refractivity contribution is 5.94. The van der Waals surface area contributed by atoms with E-state index in [-0.39, 0.29) is 18.4 Å². The molecule has 3 N–H and O–H groups in total. The number of hydrogen-bond acceptors (Lipinski definition) is 5. The van der Waals surface area contributed by atoms with Gasteiger partial charge in [0.1, 0.15) is 0 Å². The van der Waals surface area contributed by atoms with Crippen LogP contribution in [-0.2, 0) is 0 Å². The number of pyridine rings is 1. The Bertz CT molecular complexity index is 937. The van der Waals surface area contributed by atoms with Crippen molar-refractivity contribution in [3.63, 3.8) is 0 Å². The quantitative estimate of drug-likeness (QED) is 0.484. The fraction of sp³-hybridized carbons (Fsp3) is 0.318. The normalized spacial score (nSPS) is 10.8. The molecule has 0 fully saturated rings. The number of unbranched alkanes of at least 4 members (excludes halogenated alkanes) is 3. The number of benzene rings is 1. The summed E-state index contributed by atoms with van der Waals surface area (Å²) < 4.78 is 1.40. The molecule has 2 aromatic heterocycles. The van der Waals surface area contributed by atoms with Crippen LogP contribution in [0.2, 0.25) is 0 Å². The van der Waals surface area contributed by atoms with Crippen LogP contribution in [0.3, 0.4) is 0 Å². The van der Waals surface area contributed by atoms with Gasteiger partial charge in [-0.2, -0.15) is 9.78 Å². The van der Waals surface area contributed by atoms with Crippen molar-refractivity contribution in [1.29, 1.82) is 0 Å². The molecular formula is C22H26N4O3. The van der Waals surface area contributed by atoms with Crippen molar-refractivity contribution >= 4 is 5.91 Å². The predicted molar refractivity (Wildman–Crippen MR) is 111 cm³/mol. The summed E-state index contributed by atoms with van der Waals surface area (Å²) in [6.07, 6.45) is 5.29. The second-order valence-corrected chi connectivity index (χ2v) is 6.85. The molecule has 0 spiro atoms. The summed E-state index contributed by atoms with van der Waals surface area (Å²) in [4.78, 5) is 16.5. The minimum atomic E-state index is -0.121. The van der Waals surface area contributed by atoms with Crippen LogP contribution in [0.5, 0.6) is 5.88 Å². The van der Waals surface area contributed by atoms with E-state index in [1.54, 1.807) is 30.5 Å². The van der Waals surface area contributed by atoms with E-state index in [9.17, 15) is 9.90 Å². The second-order valence-electron chi connectivity index (χ2n) is 6.85. The molecule has 7 nitrogen and oxygen atoms in total. The molecule has 0 aliphatic heterocycles. The highest BCUT2D eigenvalue weighted by Gasteiger charge is 2.18. The van der Waals surface area contributed by atoms with Crippen molar-refractivity contribution in [3.05, 3.63) is 59.9 Å². The Morgan fingerprint density at radius 3 is 2.52 bits per heavy atom. The molecule has 1 aromatic carbocycles. The lowest BCUT2D eigenvalue weighted by atomic mass is 10.0. The summed E-state index contributed by atoms with van der Waals surface area (Å²) in [5.74, 6) is 0.430. The number of nitrogens with zero attached hydrogens (tertiary/aromatic N) is 3. The van der Waals surface area contributed by atoms with Crippen LogP contribution in [0.25, 0.3) is 16.9 Å². The molecular weight excluding hydrogens is 368 g/mol. The van der Waals surface area contributed by atoms with E-state index in [1.807, 2.05) is 25.1 Å². The van der Waals surface area contributed by atoms with Crippen LogP contribution in [0.4, 0.5) is 0 Å². The maximum Gasteiger partial charge on any atom is 0.251 e. The summed E-state index contributed by atoms with van der Waals surface area (Å²) >= 11 is 0. The van der Waals surface area contributed by atoms with Crippen LogP contribution in [0, 0.1) is 6.92 Å². The molecule has 0 atom stereocenters. The van der Waals surface area contributed by atoms with Crippen molar-refractivity contribution in [1.82, 2.24) is 20.1 Å². The van der Waals surface area contributed by atoms with E-state index < -0.39 is 0 Å². The van der Waals surface area contributed by atoms with Gasteiger partial charge in [-0.15, -0.1) is 0 Å². The Hall–Kier alpha value is -3.19. The lowest BCUT2D eigenvalue weighted by Crippen LogP contribution is -2.24. The molecule has 0 aliphatic rings. The summed E-state index contributed by atoms with van der Waals surface area (Å²) in [6, 6.07) is 12.5. The summed E-state index contributed by atoms with van der Waals surface area (Å²) in [5, 5.41) is 26.7. The largest absolute Gasteiger partial charge is 0.493 e. The van der Waals surface area contributed by atoms with Crippen LogP contribution < -0.4 is 5.32 Å². The van der Waals surface area contributed by atoms with Gasteiger partial charge >= 0.3 is 0 Å². The number of aliphatic hydroxyl groups excluding tert-OH is 1. The molecule has 152 valence electrons. The number of amides is 1. The Kier molecular flexibility index (Phi) is 6.97. The SMILES string of the molecule is Cc1nn(-c2ccccn2)c(O)c1-c1ccc(C(=O)NCCCCCCO)cc1. The van der Waals surface area contributed by atoms with E-state index in [2.05, 4.69) is 15.4 Å². The number of aliphatic hydroxyl groups is 1. The maximum absolute atomic E-state index is 12.3. The van der Waals surface area contributed by atoms with Gasteiger partial charge in [0.25, 0.3) is 5.91 Å². The Balaban J connectivity index is 1.68. The van der Waals surface area contributed by atoms with E-state index >= 15 is 0 Å². The van der Waals surface area contributed by atoms with Crippen molar-refractivity contribution < 1.29 is 15.0 Å². The van der Waals surface area contributed by atoms with Crippen LogP contribution in [-0.4, -0.2) is 44.0 Å². The molecule has 29 heavy (non-hydrogen) atoms. The number of aromatic nitrogens is 3. The average molecular weight is 394 g/mol. The summed E-state index contributed by atoms with van der Waals surface area (Å²) in [7, 11) is 0. The zero-order valence-corrected chi connectivity index (χ0v) is 16.5. The van der Waals surface area contributed by atoms with E-state index in [0.717, 1.165) is 31.2 Å². The highest BCUT2D eigenvalue weighted by atomic mass is 16.3. The molecule has 1 amide bonds. The smallest absolute Gasteiger partial charge is 0.251 e. The van der Waals surface area contributed by atoms with Gasteiger partial charge in [0.15, 0.2) is 5.82 Å². The third-order valence-electron chi connectivity index (χ3n) is 4.71. The average Bonchev–Trinajstić information content (AvgIpc) is 3.05. The number of rotatable bonds is 9. The molecule has 0 unspecified atom stereocenters. The highest BCUT2D eigenvalue weighted by Crippen LogP contribution is 2.33. The van der Waals surface area contributed by atoms with Gasteiger partial charge in [0, 0.05) is 24.9 Å². The fourth-order valence-electron chi connectivity index (χ4n) is 3.17. The van der Waals surface area contributed by atoms with Gasteiger partial charge in [0.05, 0.1) is 11.3 Å². The molecule has 7 heteroatoms. The Morgan fingerprint density at radius 2 is 1.83 bits per heavy atom. The van der Waals surface area contributed by atoms with E-state index in [1.165, 1.54) is 4.68 Å². The van der Waals surface area contributed by atoms with Gasteiger partial charge in [-0.3, -0.25) is 4.79 Å².